The van der Waals surface area contributed by atoms with Crippen LogP contribution in [0, 0.1) is 5.82 Å². The molecule has 0 amide bonds. The van der Waals surface area contributed by atoms with E-state index in [1.165, 1.54) is 19.2 Å². The summed E-state index contributed by atoms with van der Waals surface area (Å²) < 4.78 is 18.7. The van der Waals surface area contributed by atoms with Crippen LogP contribution in [0.4, 0.5) is 4.39 Å². The lowest BCUT2D eigenvalue weighted by Crippen LogP contribution is -2.13. The topological polar surface area (TPSA) is 62.3 Å². The van der Waals surface area contributed by atoms with Crippen molar-refractivity contribution in [3.63, 3.8) is 0 Å². The van der Waals surface area contributed by atoms with Gasteiger partial charge in [0.05, 0.1) is 17.7 Å². The molecule has 132 valence electrons. The van der Waals surface area contributed by atoms with E-state index in [9.17, 15) is 14.3 Å². The molecule has 2 aromatic carbocycles. The number of hydrogen-bond donors (Lipinski definition) is 2. The van der Waals surface area contributed by atoms with Gasteiger partial charge in [-0.2, -0.15) is 0 Å². The highest BCUT2D eigenvalue weighted by atomic mass is 35.5. The van der Waals surface area contributed by atoms with Crippen LogP contribution in [0.25, 0.3) is 17.0 Å². The van der Waals surface area contributed by atoms with Gasteiger partial charge in [-0.05, 0) is 54.8 Å². The van der Waals surface area contributed by atoms with E-state index in [2.05, 4.69) is 4.98 Å². The largest absolute Gasteiger partial charge is 0.503 e. The average molecular weight is 372 g/mol. The number of phenolic OH excluding ortho intramolecular Hbond substituents is 1. The number of aromatic amines is 1. The number of nitrogens with one attached hydrogen (secondary N) is 1. The minimum Gasteiger partial charge on any atom is -0.503 e. The summed E-state index contributed by atoms with van der Waals surface area (Å²) in [6.45, 7) is 0. The van der Waals surface area contributed by atoms with Crippen LogP contribution in [-0.2, 0) is 6.42 Å². The van der Waals surface area contributed by atoms with Crippen LogP contribution in [0.2, 0.25) is 5.02 Å². The van der Waals surface area contributed by atoms with E-state index < -0.39 is 0 Å². The second-order valence-corrected chi connectivity index (χ2v) is 6.63. The maximum absolute atomic E-state index is 13.6. The number of phenols is 1. The molecule has 0 bridgehead atoms. The second kappa shape index (κ2) is 6.18. The van der Waals surface area contributed by atoms with Crippen LogP contribution in [0.3, 0.4) is 0 Å². The van der Waals surface area contributed by atoms with Gasteiger partial charge < -0.3 is 14.8 Å². The first kappa shape index (κ1) is 16.7. The van der Waals surface area contributed by atoms with Crippen molar-refractivity contribution >= 4 is 34.4 Å². The van der Waals surface area contributed by atoms with E-state index in [1.54, 1.807) is 24.3 Å². The van der Waals surface area contributed by atoms with Crippen molar-refractivity contribution in [3.05, 3.63) is 63.6 Å². The number of hydrogen-bond acceptors (Lipinski definition) is 3. The molecule has 0 fully saturated rings. The van der Waals surface area contributed by atoms with Crippen molar-refractivity contribution in [3.8, 4) is 11.5 Å². The third-order valence-corrected chi connectivity index (χ3v) is 4.90. The first-order chi connectivity index (χ1) is 12.5. The molecule has 3 aromatic rings. The maximum Gasteiger partial charge on any atom is 0.191 e. The SMILES string of the molecule is COc1cc(/C=C2/CCc3[nH]c4ccc(F)cc4c3C2=O)cc(Cl)c1O. The molecule has 1 aliphatic rings. The Bertz CT molecular complexity index is 1080. The zero-order valence-corrected chi connectivity index (χ0v) is 14.7. The van der Waals surface area contributed by atoms with Crippen LogP contribution < -0.4 is 4.74 Å². The van der Waals surface area contributed by atoms with Gasteiger partial charge >= 0.3 is 0 Å². The van der Waals surface area contributed by atoms with Gasteiger partial charge in [0.1, 0.15) is 5.82 Å². The van der Waals surface area contributed by atoms with Gasteiger partial charge in [-0.15, -0.1) is 0 Å². The number of Topliss-reactive ketones (excluding diaryl/α,β-unsaturated/α-hetero) is 1. The summed E-state index contributed by atoms with van der Waals surface area (Å²) >= 11 is 6.02. The summed E-state index contributed by atoms with van der Waals surface area (Å²) in [7, 11) is 1.43. The van der Waals surface area contributed by atoms with E-state index in [0.717, 1.165) is 11.2 Å². The smallest absolute Gasteiger partial charge is 0.191 e. The van der Waals surface area contributed by atoms with Crippen molar-refractivity contribution in [1.29, 1.82) is 0 Å². The lowest BCUT2D eigenvalue weighted by Gasteiger charge is -2.15. The highest BCUT2D eigenvalue weighted by Gasteiger charge is 2.26. The number of rotatable bonds is 2. The predicted molar refractivity (Wildman–Crippen MR) is 98.6 cm³/mol. The Labute approximate surface area is 153 Å². The number of H-pyrrole nitrogens is 1. The third kappa shape index (κ3) is 2.65. The molecule has 1 aliphatic carbocycles. The van der Waals surface area contributed by atoms with Crippen molar-refractivity contribution in [2.45, 2.75) is 12.8 Å². The predicted octanol–water partition coefficient (Wildman–Crippen LogP) is 4.89. The Kier molecular flexibility index (Phi) is 3.96. The Balaban J connectivity index is 1.80. The molecule has 0 radical (unpaired) electrons. The fourth-order valence-corrected chi connectivity index (χ4v) is 3.59. The molecule has 0 aliphatic heterocycles. The number of fused-ring (bicyclic) bond motifs is 3. The minimum atomic E-state index is -0.377. The lowest BCUT2D eigenvalue weighted by molar-refractivity contribution is 0.102. The molecule has 26 heavy (non-hydrogen) atoms. The van der Waals surface area contributed by atoms with Gasteiger partial charge in [-0.3, -0.25) is 4.79 Å². The van der Waals surface area contributed by atoms with Crippen molar-refractivity contribution in [1.82, 2.24) is 4.98 Å². The monoisotopic (exact) mass is 371 g/mol. The molecular formula is C20H15ClFNO3. The molecule has 2 N–H and O–H groups in total. The second-order valence-electron chi connectivity index (χ2n) is 6.22. The molecule has 1 heterocycles. The number of aryl methyl sites for hydroxylation is 1. The summed E-state index contributed by atoms with van der Waals surface area (Å²) in [5, 5.41) is 10.6. The number of carbonyl (C=O) groups is 1. The van der Waals surface area contributed by atoms with Gasteiger partial charge in [0.2, 0.25) is 0 Å². The van der Waals surface area contributed by atoms with Crippen molar-refractivity contribution < 1.29 is 19.0 Å². The Hall–Kier alpha value is -2.79. The van der Waals surface area contributed by atoms with Crippen molar-refractivity contribution in [2.24, 2.45) is 0 Å². The third-order valence-electron chi connectivity index (χ3n) is 4.61. The first-order valence-electron chi connectivity index (χ1n) is 8.10. The highest BCUT2D eigenvalue weighted by Crippen LogP contribution is 2.37. The molecule has 0 spiro atoms. The fraction of sp³-hybridized carbons (Fsp3) is 0.150. The zero-order chi connectivity index (χ0) is 18.4. The van der Waals surface area contributed by atoms with Gasteiger partial charge in [-0.25, -0.2) is 4.39 Å². The van der Waals surface area contributed by atoms with Crippen LogP contribution in [0.15, 0.2) is 35.9 Å². The molecule has 0 saturated heterocycles. The summed E-state index contributed by atoms with van der Waals surface area (Å²) in [5.41, 5.74) is 3.36. The molecule has 4 rings (SSSR count). The number of aromatic nitrogens is 1. The van der Waals surface area contributed by atoms with E-state index >= 15 is 0 Å². The number of ketones is 1. The number of aromatic hydroxyl groups is 1. The summed E-state index contributed by atoms with van der Waals surface area (Å²) in [6.07, 6.45) is 2.95. The summed E-state index contributed by atoms with van der Waals surface area (Å²) in [4.78, 5) is 16.2. The Morgan fingerprint density at radius 1 is 1.27 bits per heavy atom. The molecule has 6 heteroatoms. The van der Waals surface area contributed by atoms with Crippen LogP contribution >= 0.6 is 11.6 Å². The number of allylic oxidation sites excluding steroid dienone is 1. The van der Waals surface area contributed by atoms with E-state index in [-0.39, 0.29) is 28.1 Å². The molecule has 4 nitrogen and oxygen atoms in total. The quantitative estimate of drug-likeness (QED) is 0.630. The molecular weight excluding hydrogens is 357 g/mol. The number of carbonyl (C=O) groups excluding carboxylic acids is 1. The number of benzene rings is 2. The van der Waals surface area contributed by atoms with Gasteiger partial charge in [0, 0.05) is 22.2 Å². The lowest BCUT2D eigenvalue weighted by atomic mass is 9.88. The molecule has 0 saturated carbocycles. The minimum absolute atomic E-state index is 0.133. The molecule has 0 atom stereocenters. The van der Waals surface area contributed by atoms with Gasteiger partial charge in [0.25, 0.3) is 0 Å². The standard InChI is InChI=1S/C20H15ClFNO3/c1-26-17-8-10(7-14(21)20(17)25)6-11-2-4-16-18(19(11)24)13-9-12(22)3-5-15(13)23-16/h3,5-9,23,25H,2,4H2,1H3/b11-6-. The number of halogens is 2. The number of methoxy groups -OCH3 is 1. The molecule has 0 unspecified atom stereocenters. The van der Waals surface area contributed by atoms with Gasteiger partial charge in [0.15, 0.2) is 17.3 Å². The zero-order valence-electron chi connectivity index (χ0n) is 13.9. The average Bonchev–Trinajstić information content (AvgIpc) is 2.98. The summed E-state index contributed by atoms with van der Waals surface area (Å²) in [6, 6.07) is 7.59. The van der Waals surface area contributed by atoms with E-state index in [0.29, 0.717) is 34.9 Å². The fourth-order valence-electron chi connectivity index (χ4n) is 3.37. The normalized spacial score (nSPS) is 15.5. The number of ether oxygens (including phenoxy) is 1. The van der Waals surface area contributed by atoms with Crippen LogP contribution in [0.1, 0.15) is 28.0 Å². The highest BCUT2D eigenvalue weighted by molar-refractivity contribution is 6.32. The molecule has 1 aromatic heterocycles. The van der Waals surface area contributed by atoms with Crippen molar-refractivity contribution in [2.75, 3.05) is 7.11 Å². The summed E-state index contributed by atoms with van der Waals surface area (Å²) in [5.74, 6) is -0.410. The first-order valence-corrected chi connectivity index (χ1v) is 8.47. The Morgan fingerprint density at radius 2 is 2.08 bits per heavy atom. The van der Waals surface area contributed by atoms with Crippen LogP contribution in [-0.4, -0.2) is 23.0 Å². The van der Waals surface area contributed by atoms with E-state index in [4.69, 9.17) is 16.3 Å². The van der Waals surface area contributed by atoms with Gasteiger partial charge in [-0.1, -0.05) is 11.6 Å². The van der Waals surface area contributed by atoms with E-state index in [1.807, 2.05) is 0 Å². The maximum atomic E-state index is 13.6. The van der Waals surface area contributed by atoms with Crippen LogP contribution in [0.5, 0.6) is 11.5 Å². The Morgan fingerprint density at radius 3 is 2.85 bits per heavy atom.